The summed E-state index contributed by atoms with van der Waals surface area (Å²) in [5.74, 6) is 0.992. The van der Waals surface area contributed by atoms with E-state index in [9.17, 15) is 4.39 Å². The van der Waals surface area contributed by atoms with Gasteiger partial charge in [-0.3, -0.25) is 0 Å². The molecule has 0 spiro atoms. The molecule has 0 radical (unpaired) electrons. The minimum atomic E-state index is -0.113. The van der Waals surface area contributed by atoms with Crippen molar-refractivity contribution in [1.29, 1.82) is 0 Å². The van der Waals surface area contributed by atoms with Gasteiger partial charge in [-0.1, -0.05) is 33.8 Å². The summed E-state index contributed by atoms with van der Waals surface area (Å²) in [6.07, 6.45) is 2.08. The van der Waals surface area contributed by atoms with Crippen molar-refractivity contribution in [2.75, 3.05) is 0 Å². The van der Waals surface area contributed by atoms with Crippen molar-refractivity contribution in [3.63, 3.8) is 0 Å². The van der Waals surface area contributed by atoms with E-state index in [4.69, 9.17) is 0 Å². The maximum atomic E-state index is 13.2. The van der Waals surface area contributed by atoms with Crippen molar-refractivity contribution in [3.05, 3.63) is 35.1 Å². The highest BCUT2D eigenvalue weighted by Crippen LogP contribution is 2.25. The highest BCUT2D eigenvalue weighted by Gasteiger charge is 2.10. The fourth-order valence-corrected chi connectivity index (χ4v) is 1.89. The molecule has 0 aliphatic carbocycles. The zero-order valence-electron chi connectivity index (χ0n) is 10.2. The SMILES string of the molecule is CCC(C)c1ccc(F)cc1CC(C)C. The Balaban J connectivity index is 3.02. The summed E-state index contributed by atoms with van der Waals surface area (Å²) in [5.41, 5.74) is 2.49. The predicted molar refractivity (Wildman–Crippen MR) is 63.6 cm³/mol. The molecule has 1 unspecified atom stereocenters. The van der Waals surface area contributed by atoms with Crippen LogP contribution in [0.15, 0.2) is 18.2 Å². The summed E-state index contributed by atoms with van der Waals surface area (Å²) in [7, 11) is 0. The first-order valence-electron chi connectivity index (χ1n) is 5.82. The Kier molecular flexibility index (Phi) is 4.31. The van der Waals surface area contributed by atoms with Crippen molar-refractivity contribution in [2.24, 2.45) is 5.92 Å². The smallest absolute Gasteiger partial charge is 0.123 e. The van der Waals surface area contributed by atoms with Crippen molar-refractivity contribution in [3.8, 4) is 0 Å². The molecule has 15 heavy (non-hydrogen) atoms. The molecule has 0 aromatic heterocycles. The molecule has 0 bridgehead atoms. The normalized spacial score (nSPS) is 13.2. The van der Waals surface area contributed by atoms with Gasteiger partial charge in [-0.05, 0) is 47.9 Å². The summed E-state index contributed by atoms with van der Waals surface area (Å²) in [4.78, 5) is 0. The zero-order valence-corrected chi connectivity index (χ0v) is 10.2. The minimum Gasteiger partial charge on any atom is -0.207 e. The lowest BCUT2D eigenvalue weighted by atomic mass is 9.89. The molecular weight excluding hydrogens is 187 g/mol. The number of hydrogen-bond acceptors (Lipinski definition) is 0. The lowest BCUT2D eigenvalue weighted by Gasteiger charge is -2.16. The van der Waals surface area contributed by atoms with E-state index in [-0.39, 0.29) is 5.82 Å². The lowest BCUT2D eigenvalue weighted by molar-refractivity contribution is 0.602. The van der Waals surface area contributed by atoms with Gasteiger partial charge in [-0.25, -0.2) is 4.39 Å². The van der Waals surface area contributed by atoms with Gasteiger partial charge in [-0.2, -0.15) is 0 Å². The number of halogens is 1. The molecule has 0 saturated carbocycles. The van der Waals surface area contributed by atoms with Gasteiger partial charge in [-0.15, -0.1) is 0 Å². The Labute approximate surface area is 92.5 Å². The molecule has 0 N–H and O–H groups in total. The predicted octanol–water partition coefficient (Wildman–Crippen LogP) is 4.54. The molecule has 0 amide bonds. The molecule has 1 rings (SSSR count). The van der Waals surface area contributed by atoms with E-state index < -0.39 is 0 Å². The highest BCUT2D eigenvalue weighted by molar-refractivity contribution is 5.31. The van der Waals surface area contributed by atoms with Crippen LogP contribution in [0.3, 0.4) is 0 Å². The zero-order chi connectivity index (χ0) is 11.4. The maximum Gasteiger partial charge on any atom is 0.123 e. The monoisotopic (exact) mass is 208 g/mol. The molecule has 0 nitrogen and oxygen atoms in total. The van der Waals surface area contributed by atoms with E-state index in [2.05, 4.69) is 27.7 Å². The maximum absolute atomic E-state index is 13.2. The third kappa shape index (κ3) is 3.33. The Bertz CT molecular complexity index is 315. The Hall–Kier alpha value is -0.850. The molecular formula is C14H21F. The van der Waals surface area contributed by atoms with E-state index in [0.29, 0.717) is 11.8 Å². The van der Waals surface area contributed by atoms with Gasteiger partial charge in [0.25, 0.3) is 0 Å². The van der Waals surface area contributed by atoms with Crippen LogP contribution in [-0.4, -0.2) is 0 Å². The average Bonchev–Trinajstić information content (AvgIpc) is 2.16. The average molecular weight is 208 g/mol. The van der Waals surface area contributed by atoms with Crippen molar-refractivity contribution in [2.45, 2.75) is 46.5 Å². The van der Waals surface area contributed by atoms with Gasteiger partial charge in [0.15, 0.2) is 0 Å². The van der Waals surface area contributed by atoms with E-state index >= 15 is 0 Å². The first-order chi connectivity index (χ1) is 7.04. The van der Waals surface area contributed by atoms with Crippen molar-refractivity contribution < 1.29 is 4.39 Å². The van der Waals surface area contributed by atoms with Crippen molar-refractivity contribution >= 4 is 0 Å². The summed E-state index contributed by atoms with van der Waals surface area (Å²) in [5, 5.41) is 0. The number of hydrogen-bond donors (Lipinski definition) is 0. The van der Waals surface area contributed by atoms with Crippen LogP contribution >= 0.6 is 0 Å². The standard InChI is InChI=1S/C14H21F/c1-5-11(4)14-7-6-13(15)9-12(14)8-10(2)3/h6-7,9-11H,5,8H2,1-4H3. The number of rotatable bonds is 4. The highest BCUT2D eigenvalue weighted by atomic mass is 19.1. The van der Waals surface area contributed by atoms with Gasteiger partial charge >= 0.3 is 0 Å². The molecule has 0 heterocycles. The summed E-state index contributed by atoms with van der Waals surface area (Å²) < 4.78 is 13.2. The topological polar surface area (TPSA) is 0 Å². The van der Waals surface area contributed by atoms with Gasteiger partial charge in [0.05, 0.1) is 0 Å². The molecule has 1 aromatic carbocycles. The first-order valence-corrected chi connectivity index (χ1v) is 5.82. The van der Waals surface area contributed by atoms with Crippen LogP contribution in [0.5, 0.6) is 0 Å². The van der Waals surface area contributed by atoms with Crippen LogP contribution in [0.4, 0.5) is 4.39 Å². The third-order valence-corrected chi connectivity index (χ3v) is 2.88. The fourth-order valence-electron chi connectivity index (χ4n) is 1.89. The Morgan fingerprint density at radius 1 is 1.20 bits per heavy atom. The van der Waals surface area contributed by atoms with Gasteiger partial charge in [0.2, 0.25) is 0 Å². The quantitative estimate of drug-likeness (QED) is 0.681. The molecule has 1 heteroatoms. The first kappa shape index (κ1) is 12.2. The minimum absolute atomic E-state index is 0.113. The van der Waals surface area contributed by atoms with Crippen LogP contribution in [0.25, 0.3) is 0 Å². The molecule has 0 saturated heterocycles. The van der Waals surface area contributed by atoms with Gasteiger partial charge < -0.3 is 0 Å². The molecule has 84 valence electrons. The second-order valence-electron chi connectivity index (χ2n) is 4.75. The van der Waals surface area contributed by atoms with E-state index in [1.54, 1.807) is 12.1 Å². The van der Waals surface area contributed by atoms with Crippen LogP contribution < -0.4 is 0 Å². The second-order valence-corrected chi connectivity index (χ2v) is 4.75. The van der Waals surface area contributed by atoms with Gasteiger partial charge in [0.1, 0.15) is 5.82 Å². The van der Waals surface area contributed by atoms with Crippen LogP contribution in [0.1, 0.15) is 51.2 Å². The lowest BCUT2D eigenvalue weighted by Crippen LogP contribution is -2.03. The van der Waals surface area contributed by atoms with E-state index in [0.717, 1.165) is 12.8 Å². The van der Waals surface area contributed by atoms with Crippen LogP contribution in [0.2, 0.25) is 0 Å². The third-order valence-electron chi connectivity index (χ3n) is 2.88. The molecule has 1 atom stereocenters. The van der Waals surface area contributed by atoms with Crippen LogP contribution in [0, 0.1) is 11.7 Å². The van der Waals surface area contributed by atoms with E-state index in [1.165, 1.54) is 11.1 Å². The molecule has 0 fully saturated rings. The van der Waals surface area contributed by atoms with Gasteiger partial charge in [0, 0.05) is 0 Å². The van der Waals surface area contributed by atoms with E-state index in [1.807, 2.05) is 6.07 Å². The summed E-state index contributed by atoms with van der Waals surface area (Å²) in [6.45, 7) is 8.72. The fraction of sp³-hybridized carbons (Fsp3) is 0.571. The Morgan fingerprint density at radius 2 is 1.87 bits per heavy atom. The van der Waals surface area contributed by atoms with Crippen molar-refractivity contribution in [1.82, 2.24) is 0 Å². The molecule has 1 aromatic rings. The molecule has 0 aliphatic rings. The number of benzene rings is 1. The van der Waals surface area contributed by atoms with Crippen LogP contribution in [-0.2, 0) is 6.42 Å². The summed E-state index contributed by atoms with van der Waals surface area (Å²) >= 11 is 0. The Morgan fingerprint density at radius 3 is 2.40 bits per heavy atom. The second kappa shape index (κ2) is 5.29. The largest absolute Gasteiger partial charge is 0.207 e. The molecule has 0 aliphatic heterocycles. The summed E-state index contributed by atoms with van der Waals surface area (Å²) in [6, 6.07) is 5.22.